The molecule has 0 saturated heterocycles. The molecule has 0 atom stereocenters. The van der Waals surface area contributed by atoms with Crippen LogP contribution in [-0.4, -0.2) is 97.8 Å². The third-order valence-corrected chi connectivity index (χ3v) is 13.4. The van der Waals surface area contributed by atoms with Crippen molar-refractivity contribution >= 4 is 41.1 Å². The van der Waals surface area contributed by atoms with Gasteiger partial charge in [0.25, 0.3) is 0 Å². The molecule has 7 radical (unpaired) electrons. The number of ketones is 1. The number of hydrogen-bond acceptors (Lipinski definition) is 12. The molecule has 0 fully saturated rings. The van der Waals surface area contributed by atoms with E-state index in [2.05, 4.69) is 129 Å². The molecule has 0 aliphatic carbocycles. The summed E-state index contributed by atoms with van der Waals surface area (Å²) in [5, 5.41) is 0. The van der Waals surface area contributed by atoms with Gasteiger partial charge in [-0.15, -0.1) is 69.2 Å². The maximum absolute atomic E-state index is 11.1. The summed E-state index contributed by atoms with van der Waals surface area (Å²) < 4.78 is 23.4. The van der Waals surface area contributed by atoms with Crippen LogP contribution in [0.4, 0.5) is 0 Å². The van der Waals surface area contributed by atoms with Gasteiger partial charge in [0.2, 0.25) is 0 Å². The van der Waals surface area contributed by atoms with E-state index >= 15 is 0 Å². The molecule has 0 bridgehead atoms. The van der Waals surface area contributed by atoms with Crippen LogP contribution in [0.2, 0.25) is 0 Å². The number of aromatic nitrogens is 14. The van der Waals surface area contributed by atoms with Crippen molar-refractivity contribution in [2.75, 3.05) is 13.2 Å². The van der Waals surface area contributed by atoms with Gasteiger partial charge in [-0.2, -0.15) is 0 Å². The fourth-order valence-electron chi connectivity index (χ4n) is 7.01. The molecule has 0 aliphatic rings. The normalized spacial score (nSPS) is 9.17. The molecule has 0 amide bonds. The maximum Gasteiger partial charge on any atom is 0.333 e. The second-order valence-corrected chi connectivity index (χ2v) is 19.8. The first kappa shape index (κ1) is 104. The Balaban J connectivity index is -0.000000242. The molecule has 7 aromatic heterocycles. The van der Waals surface area contributed by atoms with E-state index in [1.54, 1.807) is 17.6 Å². The molecule has 8 aromatic rings. The summed E-state index contributed by atoms with van der Waals surface area (Å²) in [7, 11) is 13.5. The van der Waals surface area contributed by atoms with Gasteiger partial charge < -0.3 is 76.3 Å². The molecule has 20 nitrogen and oxygen atoms in total. The van der Waals surface area contributed by atoms with E-state index in [4.69, 9.17) is 16.0 Å². The Morgan fingerprint density at radius 3 is 1.19 bits per heavy atom. The van der Waals surface area contributed by atoms with Crippen molar-refractivity contribution in [3.63, 3.8) is 0 Å². The zero-order valence-electron chi connectivity index (χ0n) is 58.3. The standard InChI is InChI=1S/C13H13N2.C11H15N2O2.C11H15N2O.C10H13N2O2.C8H8N3.C8H11N2.C7H9N2.7Y/c1-4-11-5-7-12(8-6-11)13-14-9-10(2)15(13)3;1-8(2)11(14)15-6-5-10-12-7-9(3)13(10)4;1-4-10(14)6-5-7-11-12-8-9(2)13(11)3;1-4-10(13)14-6-5-9-11-7-8(2)12(9)3;1-6-5-10-8(11(6)4)7(2)9-3;1-6(2)8-9-5-7(3)10(8)4;1-4-7-8-5-6(2)9(7)3;;;;;;;/h4-8H,1H2,2-3H3;1,5-6H2,2-4H3;4H,1,5-7H2,2-3H3;4H,1,5-6H2,2-3H3;2H2,1,4H3;1H2,2-4H3;4H,1H2,2-3H3;;;;;;;/q7*-1;;;;;;;. The summed E-state index contributed by atoms with van der Waals surface area (Å²) in [5.74, 6) is 5.37. The Morgan fingerprint density at radius 2 is 0.884 bits per heavy atom. The number of benzene rings is 1. The van der Waals surface area contributed by atoms with Gasteiger partial charge >= 0.3 is 11.9 Å². The van der Waals surface area contributed by atoms with Gasteiger partial charge in [-0.1, -0.05) is 127 Å². The van der Waals surface area contributed by atoms with Gasteiger partial charge in [-0.05, 0) is 170 Å². The average molecular weight is 1810 g/mol. The molecule has 0 aliphatic heterocycles. The SMILES string of the molecule is C=C(C)C(=O)OCCc1n[c-]c(C)n1C.C=C(C)c1n[c-]c(C)n1C.C=CC(=O)CCCc1n[c-]c(C)n1C.C=CC(=O)OCCc1n[c-]c(C)n1C.C=Cc1ccc(-c2n[c-]c(C)n2C)cc1.C=Cc1n[c-]c(C)n1C.[C-]#[N+]C(=C)c1n[c-]c(C)n1C.[Y].[Y].[Y].[Y].[Y].[Y].[Y]. The number of carbonyl (C=O) groups is 3. The minimum absolute atomic E-state index is 0. The molecule has 0 spiro atoms. The topological polar surface area (TPSA) is 199 Å². The van der Waals surface area contributed by atoms with Crippen LogP contribution in [0.15, 0.2) is 88.0 Å². The third-order valence-electron chi connectivity index (χ3n) is 13.4. The van der Waals surface area contributed by atoms with Crippen molar-refractivity contribution in [3.8, 4) is 11.4 Å². The van der Waals surface area contributed by atoms with Crippen molar-refractivity contribution in [2.45, 2.75) is 94.4 Å². The number of hydrogen-bond donors (Lipinski definition) is 0. The first-order chi connectivity index (χ1) is 41.6. The molecule has 0 unspecified atom stereocenters. The van der Waals surface area contributed by atoms with Crippen molar-refractivity contribution in [3.05, 3.63) is 223 Å². The third kappa shape index (κ3) is 36.2. The van der Waals surface area contributed by atoms with E-state index < -0.39 is 5.97 Å². The number of allylic oxidation sites excluding steroid dienone is 2. The van der Waals surface area contributed by atoms with Gasteiger partial charge in [-0.3, -0.25) is 9.64 Å². The van der Waals surface area contributed by atoms with Gasteiger partial charge in [0, 0.05) is 247 Å². The fraction of sp³-hybridized carbons (Fsp3) is 0.338. The molecule has 1 aromatic carbocycles. The first-order valence-electron chi connectivity index (χ1n) is 27.8. The summed E-state index contributed by atoms with van der Waals surface area (Å²) in [4.78, 5) is 64.4. The van der Waals surface area contributed by atoms with Gasteiger partial charge in [0.1, 0.15) is 5.70 Å². The van der Waals surface area contributed by atoms with Crippen LogP contribution in [0.5, 0.6) is 0 Å². The smallest absolute Gasteiger partial charge is 0.333 e. The predicted octanol–water partition coefficient (Wildman–Crippen LogP) is 10.6. The minimum atomic E-state index is -0.403. The van der Waals surface area contributed by atoms with E-state index in [1.807, 2.05) is 162 Å². The summed E-state index contributed by atoms with van der Waals surface area (Å²) in [5.41, 5.74) is 11.0. The van der Waals surface area contributed by atoms with E-state index in [-0.39, 0.29) is 241 Å². The molecule has 27 heteroatoms. The van der Waals surface area contributed by atoms with Crippen LogP contribution in [0.1, 0.15) is 107 Å². The Labute approximate surface area is 740 Å². The first-order valence-corrected chi connectivity index (χ1v) is 27.8. The van der Waals surface area contributed by atoms with E-state index in [1.165, 1.54) is 6.08 Å². The van der Waals surface area contributed by atoms with Crippen molar-refractivity contribution in [1.82, 2.24) is 66.9 Å². The summed E-state index contributed by atoms with van der Waals surface area (Å²) in [6.07, 6.45) is 29.5. The second kappa shape index (κ2) is 55.4. The summed E-state index contributed by atoms with van der Waals surface area (Å²) >= 11 is 0. The average Bonchev–Trinajstić information content (AvgIpc) is 1.78. The van der Waals surface area contributed by atoms with Crippen molar-refractivity contribution < 1.29 is 253 Å². The molecule has 7 heterocycles. The molecule has 0 saturated carbocycles. The zero-order chi connectivity index (χ0) is 66.4. The van der Waals surface area contributed by atoms with Gasteiger partial charge in [0.15, 0.2) is 5.78 Å². The van der Waals surface area contributed by atoms with Crippen LogP contribution in [-0.2, 0) is 321 Å². The number of esters is 2. The quantitative estimate of drug-likeness (QED) is 0.0448. The van der Waals surface area contributed by atoms with E-state index in [9.17, 15) is 14.4 Å². The molecule has 0 N–H and O–H groups in total. The number of nitrogens with zero attached hydrogens (tertiary/aromatic N) is 15. The number of aryl methyl sites for hydroxylation is 8. The van der Waals surface area contributed by atoms with E-state index in [0.717, 1.165) is 110 Å². The van der Waals surface area contributed by atoms with Crippen LogP contribution >= 0.6 is 0 Å². The van der Waals surface area contributed by atoms with Crippen LogP contribution in [0.25, 0.3) is 39.7 Å². The van der Waals surface area contributed by atoms with Crippen molar-refractivity contribution in [2.24, 2.45) is 49.3 Å². The molecule has 95 heavy (non-hydrogen) atoms. The molecular weight excluding hydrogens is 1730 g/mol. The molecule has 8 rings (SSSR count). The Hall–Kier alpha value is -2.30. The largest absolute Gasteiger partial charge is 0.464 e. The maximum atomic E-state index is 11.1. The van der Waals surface area contributed by atoms with Gasteiger partial charge in [0.05, 0.1) is 19.8 Å². The molecule has 489 valence electrons. The molecular formula is C68H84N15O5Y7-7. The number of imidazole rings is 7. The number of ether oxygens (including phenoxy) is 2. The minimum Gasteiger partial charge on any atom is -0.464 e. The summed E-state index contributed by atoms with van der Waals surface area (Å²) in [6.45, 7) is 49.5. The second-order valence-electron chi connectivity index (χ2n) is 19.8. The number of carbonyl (C=O) groups excluding carboxylic acids is 3. The number of rotatable bonds is 18. The Morgan fingerprint density at radius 1 is 0.495 bits per heavy atom. The van der Waals surface area contributed by atoms with E-state index in [0.29, 0.717) is 49.6 Å². The van der Waals surface area contributed by atoms with Gasteiger partial charge in [-0.25, -0.2) is 9.59 Å². The summed E-state index contributed by atoms with van der Waals surface area (Å²) in [6, 6.07) is 8.16. The van der Waals surface area contributed by atoms with Crippen molar-refractivity contribution in [1.29, 1.82) is 0 Å². The fourth-order valence-corrected chi connectivity index (χ4v) is 7.01. The Kier molecular flexibility index (Phi) is 60.5. The monoisotopic (exact) mass is 1810 g/mol. The van der Waals surface area contributed by atoms with Crippen LogP contribution < -0.4 is 0 Å². The van der Waals surface area contributed by atoms with Crippen LogP contribution in [0, 0.1) is 98.4 Å². The zero-order valence-corrected chi connectivity index (χ0v) is 78.2. The van der Waals surface area contributed by atoms with Crippen LogP contribution in [0.3, 0.4) is 0 Å². The predicted molar refractivity (Wildman–Crippen MR) is 346 cm³/mol. The Bertz CT molecular complexity index is 3660.